The van der Waals surface area contributed by atoms with Gasteiger partial charge in [0.2, 0.25) is 0 Å². The molecule has 0 saturated carbocycles. The number of hydrogen-bond acceptors (Lipinski definition) is 4. The Morgan fingerprint density at radius 1 is 1.07 bits per heavy atom. The summed E-state index contributed by atoms with van der Waals surface area (Å²) in [6.07, 6.45) is 0. The Bertz CT molecular complexity index is 902. The number of carboxylic acids is 1. The molecule has 0 spiro atoms. The summed E-state index contributed by atoms with van der Waals surface area (Å²) >= 11 is 0. The number of benzene rings is 2. The molecule has 2 aromatic rings. The van der Waals surface area contributed by atoms with E-state index < -0.39 is 16.0 Å². The lowest BCUT2D eigenvalue weighted by Gasteiger charge is -2.25. The van der Waals surface area contributed by atoms with E-state index in [-0.39, 0.29) is 16.1 Å². The van der Waals surface area contributed by atoms with Crippen LogP contribution in [0.4, 0.5) is 11.4 Å². The van der Waals surface area contributed by atoms with Crippen LogP contribution in [0.5, 0.6) is 0 Å². The van der Waals surface area contributed by atoms with Gasteiger partial charge in [0.25, 0.3) is 10.0 Å². The fourth-order valence-electron chi connectivity index (χ4n) is 2.83. The van der Waals surface area contributed by atoms with Gasteiger partial charge in [0.05, 0.1) is 21.8 Å². The van der Waals surface area contributed by atoms with Crippen LogP contribution < -0.4 is 9.62 Å². The zero-order valence-electron chi connectivity index (χ0n) is 16.1. The second-order valence-electron chi connectivity index (χ2n) is 6.54. The second kappa shape index (κ2) is 8.43. The minimum atomic E-state index is -3.84. The third kappa shape index (κ3) is 4.80. The number of nitrogens with zero attached hydrogens (tertiary/aromatic N) is 1. The Morgan fingerprint density at radius 2 is 1.67 bits per heavy atom. The van der Waals surface area contributed by atoms with E-state index in [2.05, 4.69) is 4.72 Å². The van der Waals surface area contributed by atoms with Gasteiger partial charge in [-0.2, -0.15) is 0 Å². The van der Waals surface area contributed by atoms with Gasteiger partial charge in [-0.05, 0) is 55.7 Å². The van der Waals surface area contributed by atoms with E-state index in [9.17, 15) is 18.3 Å². The van der Waals surface area contributed by atoms with Crippen molar-refractivity contribution < 1.29 is 18.3 Å². The van der Waals surface area contributed by atoms with Crippen molar-refractivity contribution in [2.24, 2.45) is 0 Å². The Hall–Kier alpha value is -2.54. The predicted molar refractivity (Wildman–Crippen MR) is 108 cm³/mol. The molecule has 0 unspecified atom stereocenters. The zero-order chi connectivity index (χ0) is 20.2. The molecular weight excluding hydrogens is 364 g/mol. The maximum atomic E-state index is 12.8. The number of hydrogen-bond donors (Lipinski definition) is 2. The van der Waals surface area contributed by atoms with Gasteiger partial charge in [-0.1, -0.05) is 26.0 Å². The SMILES string of the molecule is CCN(CC)c1ccc(C(=O)O)cc1NS(=O)(=O)c1ccc(C(C)C)cc1. The summed E-state index contributed by atoms with van der Waals surface area (Å²) < 4.78 is 28.2. The fraction of sp³-hybridized carbons (Fsp3) is 0.350. The van der Waals surface area contributed by atoms with Crippen LogP contribution in [0.2, 0.25) is 0 Å². The van der Waals surface area contributed by atoms with Crippen molar-refractivity contribution in [2.75, 3.05) is 22.7 Å². The number of carboxylic acid groups (broad SMARTS) is 1. The maximum Gasteiger partial charge on any atom is 0.335 e. The molecule has 7 heteroatoms. The molecule has 0 radical (unpaired) electrons. The van der Waals surface area contributed by atoms with Crippen molar-refractivity contribution in [1.82, 2.24) is 0 Å². The summed E-state index contributed by atoms with van der Waals surface area (Å²) in [6.45, 7) is 9.32. The highest BCUT2D eigenvalue weighted by atomic mass is 32.2. The summed E-state index contributed by atoms with van der Waals surface area (Å²) in [5.41, 5.74) is 1.98. The van der Waals surface area contributed by atoms with Gasteiger partial charge in [0.15, 0.2) is 0 Å². The average molecular weight is 391 g/mol. The molecule has 0 aliphatic rings. The van der Waals surface area contributed by atoms with Crippen molar-refractivity contribution in [1.29, 1.82) is 0 Å². The summed E-state index contributed by atoms with van der Waals surface area (Å²) in [5.74, 6) is -0.806. The monoisotopic (exact) mass is 390 g/mol. The molecule has 0 saturated heterocycles. The fourth-order valence-corrected chi connectivity index (χ4v) is 3.89. The van der Waals surface area contributed by atoms with E-state index in [1.54, 1.807) is 30.3 Å². The van der Waals surface area contributed by atoms with Gasteiger partial charge in [0.1, 0.15) is 0 Å². The molecule has 0 heterocycles. The van der Waals surface area contributed by atoms with Crippen LogP contribution in [0.3, 0.4) is 0 Å². The van der Waals surface area contributed by atoms with Crippen LogP contribution in [0.15, 0.2) is 47.4 Å². The number of aromatic carboxylic acids is 1. The molecule has 0 aromatic heterocycles. The molecule has 0 atom stereocenters. The van der Waals surface area contributed by atoms with E-state index >= 15 is 0 Å². The van der Waals surface area contributed by atoms with Crippen molar-refractivity contribution in [2.45, 2.75) is 38.5 Å². The van der Waals surface area contributed by atoms with Crippen LogP contribution in [-0.4, -0.2) is 32.6 Å². The van der Waals surface area contributed by atoms with Gasteiger partial charge in [0, 0.05) is 13.1 Å². The highest BCUT2D eigenvalue weighted by molar-refractivity contribution is 7.92. The number of carbonyl (C=O) groups is 1. The van der Waals surface area contributed by atoms with Crippen molar-refractivity contribution in [3.05, 3.63) is 53.6 Å². The molecule has 146 valence electrons. The Morgan fingerprint density at radius 3 is 2.15 bits per heavy atom. The van der Waals surface area contributed by atoms with Crippen molar-refractivity contribution >= 4 is 27.4 Å². The minimum absolute atomic E-state index is 0.0266. The first kappa shape index (κ1) is 20.8. The maximum absolute atomic E-state index is 12.8. The number of sulfonamides is 1. The van der Waals surface area contributed by atoms with E-state index in [1.165, 1.54) is 12.1 Å². The second-order valence-corrected chi connectivity index (χ2v) is 8.22. The largest absolute Gasteiger partial charge is 0.478 e. The molecule has 0 aliphatic carbocycles. The minimum Gasteiger partial charge on any atom is -0.478 e. The number of rotatable bonds is 8. The smallest absolute Gasteiger partial charge is 0.335 e. The predicted octanol–water partition coefficient (Wildman–Crippen LogP) is 4.16. The van der Waals surface area contributed by atoms with E-state index in [1.807, 2.05) is 32.6 Å². The van der Waals surface area contributed by atoms with Crippen LogP contribution in [-0.2, 0) is 10.0 Å². The molecule has 0 bridgehead atoms. The van der Waals surface area contributed by atoms with E-state index in [0.29, 0.717) is 24.7 Å². The Kier molecular flexibility index (Phi) is 6.49. The molecule has 0 amide bonds. The average Bonchev–Trinajstić information content (AvgIpc) is 2.63. The zero-order valence-corrected chi connectivity index (χ0v) is 16.9. The molecule has 2 N–H and O–H groups in total. The summed E-state index contributed by atoms with van der Waals surface area (Å²) in [7, 11) is -3.84. The van der Waals surface area contributed by atoms with Gasteiger partial charge in [-0.15, -0.1) is 0 Å². The molecule has 0 aliphatic heterocycles. The number of anilines is 2. The van der Waals surface area contributed by atoms with Gasteiger partial charge in [-0.25, -0.2) is 13.2 Å². The standard InChI is InChI=1S/C20H26N2O4S/c1-5-22(6-2)19-12-9-16(20(23)24)13-18(19)21-27(25,26)17-10-7-15(8-11-17)14(3)4/h7-14,21H,5-6H2,1-4H3,(H,23,24). The van der Waals surface area contributed by atoms with Gasteiger partial charge >= 0.3 is 5.97 Å². The van der Waals surface area contributed by atoms with Gasteiger partial charge in [-0.3, -0.25) is 4.72 Å². The molecule has 27 heavy (non-hydrogen) atoms. The topological polar surface area (TPSA) is 86.7 Å². The van der Waals surface area contributed by atoms with Crippen molar-refractivity contribution in [3.8, 4) is 0 Å². The van der Waals surface area contributed by atoms with Crippen LogP contribution in [0.25, 0.3) is 0 Å². The Balaban J connectivity index is 2.46. The lowest BCUT2D eigenvalue weighted by molar-refractivity contribution is 0.0697. The van der Waals surface area contributed by atoms with E-state index in [0.717, 1.165) is 5.56 Å². The first-order valence-electron chi connectivity index (χ1n) is 8.94. The lowest BCUT2D eigenvalue weighted by Crippen LogP contribution is -2.24. The molecular formula is C20H26N2O4S. The van der Waals surface area contributed by atoms with Crippen LogP contribution in [0.1, 0.15) is 49.5 Å². The molecule has 6 nitrogen and oxygen atoms in total. The Labute approximate surface area is 160 Å². The van der Waals surface area contributed by atoms with Crippen LogP contribution >= 0.6 is 0 Å². The highest BCUT2D eigenvalue weighted by Crippen LogP contribution is 2.30. The van der Waals surface area contributed by atoms with Crippen molar-refractivity contribution in [3.63, 3.8) is 0 Å². The molecule has 0 fully saturated rings. The quantitative estimate of drug-likeness (QED) is 0.707. The lowest BCUT2D eigenvalue weighted by atomic mass is 10.0. The first-order chi connectivity index (χ1) is 12.7. The van der Waals surface area contributed by atoms with Gasteiger partial charge < -0.3 is 10.0 Å². The summed E-state index contributed by atoms with van der Waals surface area (Å²) in [4.78, 5) is 13.4. The molecule has 2 aromatic carbocycles. The third-order valence-electron chi connectivity index (χ3n) is 4.45. The molecule has 2 rings (SSSR count). The summed E-state index contributed by atoms with van der Waals surface area (Å²) in [5, 5.41) is 9.26. The first-order valence-corrected chi connectivity index (χ1v) is 10.4. The normalized spacial score (nSPS) is 11.4. The number of nitrogens with one attached hydrogen (secondary N) is 1. The third-order valence-corrected chi connectivity index (χ3v) is 5.83. The summed E-state index contributed by atoms with van der Waals surface area (Å²) in [6, 6.07) is 11.2. The highest BCUT2D eigenvalue weighted by Gasteiger charge is 2.19. The van der Waals surface area contributed by atoms with E-state index in [4.69, 9.17) is 0 Å². The van der Waals surface area contributed by atoms with Crippen LogP contribution in [0, 0.1) is 0 Å².